The summed E-state index contributed by atoms with van der Waals surface area (Å²) in [7, 11) is 1.82. The molecule has 2 rings (SSSR count). The molecule has 1 aliphatic rings. The van der Waals surface area contributed by atoms with Gasteiger partial charge in [0.15, 0.2) is 5.96 Å². The molecule has 2 N–H and O–H groups in total. The Balaban J connectivity index is 1.63. The minimum absolute atomic E-state index is 0.516. The third kappa shape index (κ3) is 6.40. The van der Waals surface area contributed by atoms with Crippen LogP contribution in [0.4, 0.5) is 0 Å². The van der Waals surface area contributed by atoms with Crippen LogP contribution in [0.3, 0.4) is 0 Å². The van der Waals surface area contributed by atoms with Crippen LogP contribution in [0.25, 0.3) is 0 Å². The number of nitrogens with zero attached hydrogens (tertiary/aromatic N) is 2. The minimum atomic E-state index is 0.516. The number of piperidine rings is 1. The number of guanidine groups is 1. The summed E-state index contributed by atoms with van der Waals surface area (Å²) in [5.74, 6) is 1.78. The molecule has 1 heterocycles. The lowest BCUT2D eigenvalue weighted by atomic mass is 10.1. The molecule has 1 aromatic carbocycles. The molecule has 0 atom stereocenters. The van der Waals surface area contributed by atoms with Gasteiger partial charge in [-0.1, -0.05) is 24.6 Å². The zero-order valence-electron chi connectivity index (χ0n) is 15.3. The molecule has 1 saturated heterocycles. The predicted octanol–water partition coefficient (Wildman–Crippen LogP) is 2.41. The number of hydrogen-bond acceptors (Lipinski definition) is 3. The molecule has 0 saturated carbocycles. The molecule has 0 spiro atoms. The predicted molar refractivity (Wildman–Crippen MR) is 101 cm³/mol. The Kier molecular flexibility index (Phi) is 7.89. The molecule has 5 heteroatoms. The summed E-state index contributed by atoms with van der Waals surface area (Å²) in [5.41, 5.74) is 1.25. The number of benzene rings is 1. The van der Waals surface area contributed by atoms with Crippen LogP contribution in [0.2, 0.25) is 0 Å². The maximum atomic E-state index is 5.73. The largest absolute Gasteiger partial charge is 0.492 e. The summed E-state index contributed by atoms with van der Waals surface area (Å²) < 4.78 is 5.73. The van der Waals surface area contributed by atoms with Crippen molar-refractivity contribution in [2.75, 3.05) is 39.8 Å². The lowest BCUT2D eigenvalue weighted by Gasteiger charge is -2.32. The number of hydrogen-bond donors (Lipinski definition) is 2. The Morgan fingerprint density at radius 1 is 1.25 bits per heavy atom. The van der Waals surface area contributed by atoms with Gasteiger partial charge >= 0.3 is 0 Å². The second-order valence-corrected chi connectivity index (χ2v) is 6.42. The van der Waals surface area contributed by atoms with Crippen molar-refractivity contribution in [3.05, 3.63) is 29.8 Å². The Hall–Kier alpha value is -1.75. The van der Waals surface area contributed by atoms with E-state index >= 15 is 0 Å². The molecule has 24 heavy (non-hydrogen) atoms. The third-order valence-corrected chi connectivity index (χ3v) is 4.38. The minimum Gasteiger partial charge on any atom is -0.492 e. The van der Waals surface area contributed by atoms with Crippen molar-refractivity contribution in [1.29, 1.82) is 0 Å². The molecule has 1 fully saturated rings. The molecule has 5 nitrogen and oxygen atoms in total. The summed E-state index contributed by atoms with van der Waals surface area (Å²) >= 11 is 0. The van der Waals surface area contributed by atoms with Gasteiger partial charge in [0.2, 0.25) is 0 Å². The summed E-state index contributed by atoms with van der Waals surface area (Å²) in [6.07, 6.45) is 3.60. The van der Waals surface area contributed by atoms with Crippen LogP contribution < -0.4 is 15.4 Å². The fourth-order valence-electron chi connectivity index (χ4n) is 2.98. The zero-order chi connectivity index (χ0) is 17.2. The molecular formula is C19H32N4O. The smallest absolute Gasteiger partial charge is 0.191 e. The van der Waals surface area contributed by atoms with E-state index in [4.69, 9.17) is 4.74 Å². The van der Waals surface area contributed by atoms with Crippen LogP contribution in [-0.4, -0.2) is 56.7 Å². The van der Waals surface area contributed by atoms with Crippen LogP contribution >= 0.6 is 0 Å². The van der Waals surface area contributed by atoms with Gasteiger partial charge in [-0.05, 0) is 44.9 Å². The van der Waals surface area contributed by atoms with E-state index in [1.807, 2.05) is 19.2 Å². The zero-order valence-corrected chi connectivity index (χ0v) is 15.3. The molecule has 134 valence electrons. The first-order valence-corrected chi connectivity index (χ1v) is 9.10. The van der Waals surface area contributed by atoms with Gasteiger partial charge in [0.05, 0.1) is 6.54 Å². The summed E-state index contributed by atoms with van der Waals surface area (Å²) in [4.78, 5) is 6.86. The number of aliphatic imine (C=N–C) groups is 1. The molecule has 0 bridgehead atoms. The lowest BCUT2D eigenvalue weighted by Crippen LogP contribution is -2.49. The molecule has 0 aliphatic carbocycles. The Morgan fingerprint density at radius 3 is 2.58 bits per heavy atom. The van der Waals surface area contributed by atoms with Gasteiger partial charge in [0, 0.05) is 26.2 Å². The number of nitrogens with one attached hydrogen (secondary N) is 2. The average Bonchev–Trinajstić information content (AvgIpc) is 2.61. The van der Waals surface area contributed by atoms with Crippen LogP contribution in [0.15, 0.2) is 29.3 Å². The van der Waals surface area contributed by atoms with Crippen LogP contribution in [0.5, 0.6) is 5.75 Å². The SMILES string of the molecule is CCCN1CCC(NC(=NC)NCCOc2ccc(C)cc2)CC1. The van der Waals surface area contributed by atoms with Gasteiger partial charge in [-0.15, -0.1) is 0 Å². The maximum Gasteiger partial charge on any atom is 0.191 e. The van der Waals surface area contributed by atoms with Crippen LogP contribution in [0, 0.1) is 6.92 Å². The number of rotatable bonds is 7. The highest BCUT2D eigenvalue weighted by Crippen LogP contribution is 2.11. The van der Waals surface area contributed by atoms with Gasteiger partial charge in [0.1, 0.15) is 12.4 Å². The van der Waals surface area contributed by atoms with E-state index in [-0.39, 0.29) is 0 Å². The number of ether oxygens (including phenoxy) is 1. The monoisotopic (exact) mass is 332 g/mol. The number of likely N-dealkylation sites (tertiary alicyclic amines) is 1. The van der Waals surface area contributed by atoms with Crippen molar-refractivity contribution in [1.82, 2.24) is 15.5 Å². The highest BCUT2D eigenvalue weighted by molar-refractivity contribution is 5.79. The lowest BCUT2D eigenvalue weighted by molar-refractivity contribution is 0.206. The highest BCUT2D eigenvalue weighted by atomic mass is 16.5. The van der Waals surface area contributed by atoms with Gasteiger partial charge in [-0.2, -0.15) is 0 Å². The van der Waals surface area contributed by atoms with E-state index in [0.29, 0.717) is 12.6 Å². The second-order valence-electron chi connectivity index (χ2n) is 6.42. The van der Waals surface area contributed by atoms with Gasteiger partial charge in [-0.25, -0.2) is 0 Å². The van der Waals surface area contributed by atoms with Gasteiger partial charge in [0.25, 0.3) is 0 Å². The Labute approximate surface area is 146 Å². The third-order valence-electron chi connectivity index (χ3n) is 4.38. The molecule has 0 unspecified atom stereocenters. The van der Waals surface area contributed by atoms with Crippen molar-refractivity contribution in [3.8, 4) is 5.75 Å². The van der Waals surface area contributed by atoms with Gasteiger partial charge < -0.3 is 20.3 Å². The molecular weight excluding hydrogens is 300 g/mol. The molecule has 1 aromatic rings. The van der Waals surface area contributed by atoms with Crippen molar-refractivity contribution < 1.29 is 4.74 Å². The first-order chi connectivity index (χ1) is 11.7. The van der Waals surface area contributed by atoms with E-state index in [0.717, 1.165) is 18.3 Å². The molecule has 1 aliphatic heterocycles. The quantitative estimate of drug-likeness (QED) is 0.457. The van der Waals surface area contributed by atoms with Crippen molar-refractivity contribution >= 4 is 5.96 Å². The standard InChI is InChI=1S/C19H32N4O/c1-4-12-23-13-9-17(10-14-23)22-19(20-3)21-11-15-24-18-7-5-16(2)6-8-18/h5-8,17H,4,9-15H2,1-3H3,(H2,20,21,22). The summed E-state index contributed by atoms with van der Waals surface area (Å²) in [6, 6.07) is 8.66. The molecule has 0 radical (unpaired) electrons. The maximum absolute atomic E-state index is 5.73. The molecule has 0 amide bonds. The first kappa shape index (κ1) is 18.6. The highest BCUT2D eigenvalue weighted by Gasteiger charge is 2.19. The van der Waals surface area contributed by atoms with Crippen LogP contribution in [-0.2, 0) is 0 Å². The van der Waals surface area contributed by atoms with E-state index in [1.165, 1.54) is 44.5 Å². The van der Waals surface area contributed by atoms with E-state index in [9.17, 15) is 0 Å². The van der Waals surface area contributed by atoms with E-state index in [1.54, 1.807) is 0 Å². The fraction of sp³-hybridized carbons (Fsp3) is 0.632. The summed E-state index contributed by atoms with van der Waals surface area (Å²) in [5, 5.41) is 6.87. The Bertz CT molecular complexity index is 493. The topological polar surface area (TPSA) is 48.9 Å². The Morgan fingerprint density at radius 2 is 1.96 bits per heavy atom. The van der Waals surface area contributed by atoms with E-state index in [2.05, 4.69) is 46.5 Å². The van der Waals surface area contributed by atoms with Crippen molar-refractivity contribution in [2.45, 2.75) is 39.2 Å². The molecule has 0 aromatic heterocycles. The van der Waals surface area contributed by atoms with E-state index < -0.39 is 0 Å². The van der Waals surface area contributed by atoms with Crippen molar-refractivity contribution in [2.24, 2.45) is 4.99 Å². The fourth-order valence-corrected chi connectivity index (χ4v) is 2.98. The average molecular weight is 332 g/mol. The van der Waals surface area contributed by atoms with Gasteiger partial charge in [-0.3, -0.25) is 4.99 Å². The van der Waals surface area contributed by atoms with Crippen molar-refractivity contribution in [3.63, 3.8) is 0 Å². The second kappa shape index (κ2) is 10.2. The van der Waals surface area contributed by atoms with Crippen LogP contribution in [0.1, 0.15) is 31.7 Å². The summed E-state index contributed by atoms with van der Waals surface area (Å²) in [6.45, 7) is 9.26. The normalized spacial score (nSPS) is 16.9. The number of aryl methyl sites for hydroxylation is 1. The first-order valence-electron chi connectivity index (χ1n) is 9.10.